The normalized spacial score (nSPS) is 20.1. The van der Waals surface area contributed by atoms with Crippen molar-refractivity contribution in [2.75, 3.05) is 33.3 Å². The summed E-state index contributed by atoms with van der Waals surface area (Å²) in [6.45, 7) is 6.72. The first-order valence-corrected chi connectivity index (χ1v) is 12.0. The molecule has 0 saturated carbocycles. The highest BCUT2D eigenvalue weighted by Gasteiger charge is 2.37. The van der Waals surface area contributed by atoms with Gasteiger partial charge in [-0.25, -0.2) is 0 Å². The summed E-state index contributed by atoms with van der Waals surface area (Å²) in [6.07, 6.45) is 2.93. The number of nitrogens with one attached hydrogen (secondary N) is 1. The van der Waals surface area contributed by atoms with Gasteiger partial charge in [-0.2, -0.15) is 0 Å². The summed E-state index contributed by atoms with van der Waals surface area (Å²) in [7, 11) is 1.64. The molecule has 0 aromatic heterocycles. The molecule has 2 aromatic rings. The van der Waals surface area contributed by atoms with Gasteiger partial charge in [-0.15, -0.1) is 0 Å². The maximum Gasteiger partial charge on any atom is 0.244 e. The van der Waals surface area contributed by atoms with Gasteiger partial charge >= 0.3 is 0 Å². The number of nitrogens with zero attached hydrogens (tertiary/aromatic N) is 2. The van der Waals surface area contributed by atoms with Gasteiger partial charge in [0.15, 0.2) is 0 Å². The Hall–Kier alpha value is -2.86. The van der Waals surface area contributed by atoms with Gasteiger partial charge in [0.25, 0.3) is 0 Å². The van der Waals surface area contributed by atoms with Crippen molar-refractivity contribution in [3.05, 3.63) is 65.2 Å². The molecule has 1 saturated heterocycles. The van der Waals surface area contributed by atoms with Crippen LogP contribution in [0.4, 0.5) is 0 Å². The molecule has 0 spiro atoms. The standard InChI is InChI=1S/C27H35N3O3/c1-19-12-15-29(16-13-19)27(32)26-24-7-5-4-6-22(24)14-17-30(26)18-25(31)28-20(2)21-8-10-23(33-3)11-9-21/h4-11,19-20,26H,12-18H2,1-3H3,(H,28,31)/t20-,26-/m0/s1. The number of piperidine rings is 1. The number of fused-ring (bicyclic) bond motifs is 1. The van der Waals surface area contributed by atoms with Crippen molar-refractivity contribution >= 4 is 11.8 Å². The Morgan fingerprint density at radius 2 is 1.76 bits per heavy atom. The number of carbonyl (C=O) groups is 2. The number of hydrogen-bond donors (Lipinski definition) is 1. The second-order valence-corrected chi connectivity index (χ2v) is 9.39. The number of ether oxygens (including phenoxy) is 1. The lowest BCUT2D eigenvalue weighted by atomic mass is 9.90. The van der Waals surface area contributed by atoms with Crippen LogP contribution in [0.25, 0.3) is 0 Å². The average molecular weight is 450 g/mol. The molecule has 2 aliphatic rings. The lowest BCUT2D eigenvalue weighted by Gasteiger charge is -2.40. The Labute approximate surface area is 196 Å². The predicted octanol–water partition coefficient (Wildman–Crippen LogP) is 3.73. The van der Waals surface area contributed by atoms with E-state index in [0.717, 1.165) is 49.2 Å². The highest BCUT2D eigenvalue weighted by atomic mass is 16.5. The fraction of sp³-hybridized carbons (Fsp3) is 0.481. The monoisotopic (exact) mass is 449 g/mol. The van der Waals surface area contributed by atoms with Crippen molar-refractivity contribution < 1.29 is 14.3 Å². The van der Waals surface area contributed by atoms with E-state index in [-0.39, 0.29) is 24.4 Å². The van der Waals surface area contributed by atoms with Crippen molar-refractivity contribution in [3.8, 4) is 5.75 Å². The largest absolute Gasteiger partial charge is 0.497 e. The Bertz CT molecular complexity index is 967. The Kier molecular flexibility index (Phi) is 7.33. The molecule has 1 N–H and O–H groups in total. The fourth-order valence-electron chi connectivity index (χ4n) is 4.93. The van der Waals surface area contributed by atoms with Crippen molar-refractivity contribution in [2.45, 2.75) is 45.2 Å². The van der Waals surface area contributed by atoms with Crippen LogP contribution in [0.1, 0.15) is 55.5 Å². The molecule has 4 rings (SSSR count). The molecule has 33 heavy (non-hydrogen) atoms. The zero-order chi connectivity index (χ0) is 23.4. The molecule has 176 valence electrons. The van der Waals surface area contributed by atoms with Crippen molar-refractivity contribution in [3.63, 3.8) is 0 Å². The summed E-state index contributed by atoms with van der Waals surface area (Å²) >= 11 is 0. The Balaban J connectivity index is 1.47. The van der Waals surface area contributed by atoms with Crippen LogP contribution in [0.3, 0.4) is 0 Å². The highest BCUT2D eigenvalue weighted by molar-refractivity contribution is 5.86. The Morgan fingerprint density at radius 3 is 2.45 bits per heavy atom. The van der Waals surface area contributed by atoms with Gasteiger partial charge in [0.05, 0.1) is 19.7 Å². The van der Waals surface area contributed by atoms with Crippen LogP contribution in [0.2, 0.25) is 0 Å². The second-order valence-electron chi connectivity index (χ2n) is 9.39. The van der Waals surface area contributed by atoms with Gasteiger partial charge in [-0.1, -0.05) is 43.3 Å². The summed E-state index contributed by atoms with van der Waals surface area (Å²) in [5.74, 6) is 1.51. The number of methoxy groups -OCH3 is 1. The zero-order valence-corrected chi connectivity index (χ0v) is 19.9. The zero-order valence-electron chi connectivity index (χ0n) is 19.9. The van der Waals surface area contributed by atoms with Crippen molar-refractivity contribution in [1.82, 2.24) is 15.1 Å². The minimum Gasteiger partial charge on any atom is -0.497 e. The minimum atomic E-state index is -0.398. The van der Waals surface area contributed by atoms with Crippen molar-refractivity contribution in [1.29, 1.82) is 0 Å². The number of rotatable bonds is 6. The SMILES string of the molecule is COc1ccc([C@H](C)NC(=O)CN2CCc3ccccc3[C@H]2C(=O)N2CCC(C)CC2)cc1. The third kappa shape index (κ3) is 5.38. The van der Waals surface area contributed by atoms with E-state index in [1.807, 2.05) is 48.2 Å². The van der Waals surface area contributed by atoms with E-state index in [4.69, 9.17) is 4.74 Å². The molecule has 0 unspecified atom stereocenters. The van der Waals surface area contributed by atoms with Crippen LogP contribution in [0.5, 0.6) is 5.75 Å². The highest BCUT2D eigenvalue weighted by Crippen LogP contribution is 2.32. The lowest BCUT2D eigenvalue weighted by Crippen LogP contribution is -2.50. The first-order valence-electron chi connectivity index (χ1n) is 12.0. The Morgan fingerprint density at radius 1 is 1.06 bits per heavy atom. The maximum absolute atomic E-state index is 13.7. The molecule has 6 nitrogen and oxygen atoms in total. The molecule has 0 bridgehead atoms. The van der Waals surface area contributed by atoms with Crippen LogP contribution in [-0.4, -0.2) is 54.9 Å². The van der Waals surface area contributed by atoms with Crippen molar-refractivity contribution in [2.24, 2.45) is 5.92 Å². The third-order valence-corrected chi connectivity index (χ3v) is 7.05. The van der Waals surface area contributed by atoms with E-state index in [0.29, 0.717) is 12.5 Å². The van der Waals surface area contributed by atoms with Crippen LogP contribution >= 0.6 is 0 Å². The molecule has 0 aliphatic carbocycles. The van der Waals surface area contributed by atoms with E-state index >= 15 is 0 Å². The smallest absolute Gasteiger partial charge is 0.244 e. The maximum atomic E-state index is 13.7. The lowest BCUT2D eigenvalue weighted by molar-refractivity contribution is -0.140. The van der Waals surface area contributed by atoms with Gasteiger partial charge < -0.3 is 15.0 Å². The minimum absolute atomic E-state index is 0.0669. The first-order chi connectivity index (χ1) is 16.0. The van der Waals surface area contributed by atoms with Crippen LogP contribution < -0.4 is 10.1 Å². The van der Waals surface area contributed by atoms with Crippen LogP contribution in [0.15, 0.2) is 48.5 Å². The van der Waals surface area contributed by atoms with E-state index in [9.17, 15) is 9.59 Å². The third-order valence-electron chi connectivity index (χ3n) is 7.05. The molecule has 6 heteroatoms. The van der Waals surface area contributed by atoms with E-state index in [1.165, 1.54) is 5.56 Å². The van der Waals surface area contributed by atoms with E-state index < -0.39 is 6.04 Å². The number of likely N-dealkylation sites (tertiary alicyclic amines) is 1. The molecule has 1 fully saturated rings. The summed E-state index contributed by atoms with van der Waals surface area (Å²) in [5.41, 5.74) is 3.27. The summed E-state index contributed by atoms with van der Waals surface area (Å²) < 4.78 is 5.22. The molecule has 2 amide bonds. The molecular formula is C27H35N3O3. The first kappa shape index (κ1) is 23.3. The van der Waals surface area contributed by atoms with Gasteiger partial charge in [0, 0.05) is 19.6 Å². The van der Waals surface area contributed by atoms with E-state index in [2.05, 4.69) is 29.3 Å². The van der Waals surface area contributed by atoms with Gasteiger partial charge in [-0.05, 0) is 60.9 Å². The quantitative estimate of drug-likeness (QED) is 0.730. The number of hydrogen-bond acceptors (Lipinski definition) is 4. The number of benzene rings is 2. The van der Waals surface area contributed by atoms with Crippen LogP contribution in [-0.2, 0) is 16.0 Å². The molecule has 2 aliphatic heterocycles. The number of carbonyl (C=O) groups excluding carboxylic acids is 2. The second kappa shape index (κ2) is 10.4. The van der Waals surface area contributed by atoms with E-state index in [1.54, 1.807) is 7.11 Å². The molecule has 2 aromatic carbocycles. The topological polar surface area (TPSA) is 61.9 Å². The molecule has 2 heterocycles. The van der Waals surface area contributed by atoms with Crippen LogP contribution in [0, 0.1) is 5.92 Å². The molecule has 2 atom stereocenters. The number of amides is 2. The van der Waals surface area contributed by atoms with Gasteiger partial charge in [-0.3, -0.25) is 14.5 Å². The summed E-state index contributed by atoms with van der Waals surface area (Å²) in [5, 5.41) is 3.10. The summed E-state index contributed by atoms with van der Waals surface area (Å²) in [6, 6.07) is 15.4. The van der Waals surface area contributed by atoms with Gasteiger partial charge in [0.2, 0.25) is 11.8 Å². The molecular weight excluding hydrogens is 414 g/mol. The van der Waals surface area contributed by atoms with Gasteiger partial charge in [0.1, 0.15) is 11.8 Å². The molecule has 0 radical (unpaired) electrons. The average Bonchev–Trinajstić information content (AvgIpc) is 2.84. The summed E-state index contributed by atoms with van der Waals surface area (Å²) in [4.78, 5) is 30.7. The fourth-order valence-corrected chi connectivity index (χ4v) is 4.93. The predicted molar refractivity (Wildman–Crippen MR) is 129 cm³/mol.